The van der Waals surface area contributed by atoms with E-state index in [1.54, 1.807) is 7.11 Å². The summed E-state index contributed by atoms with van der Waals surface area (Å²) in [7, 11) is 1.68. The van der Waals surface area contributed by atoms with Crippen LogP contribution in [0.3, 0.4) is 0 Å². The first-order chi connectivity index (χ1) is 15.0. The van der Waals surface area contributed by atoms with Crippen molar-refractivity contribution in [2.75, 3.05) is 20.2 Å². The van der Waals surface area contributed by atoms with Crippen molar-refractivity contribution in [1.29, 1.82) is 0 Å². The smallest absolute Gasteiger partial charge is 0.237 e. The van der Waals surface area contributed by atoms with E-state index >= 15 is 0 Å². The Kier molecular flexibility index (Phi) is 8.30. The fourth-order valence-electron chi connectivity index (χ4n) is 3.53. The average Bonchev–Trinajstić information content (AvgIpc) is 3.20. The molecule has 5 heteroatoms. The summed E-state index contributed by atoms with van der Waals surface area (Å²) < 4.78 is 7.55. The zero-order valence-corrected chi connectivity index (χ0v) is 18.8. The lowest BCUT2D eigenvalue weighted by Gasteiger charge is -2.24. The number of ether oxygens (including phenoxy) is 1. The molecule has 5 nitrogen and oxygen atoms in total. The maximum absolute atomic E-state index is 13.0. The molecule has 164 valence electrons. The molecular weight excluding hydrogens is 386 g/mol. The molecule has 1 amide bonds. The zero-order chi connectivity index (χ0) is 22.1. The van der Waals surface area contributed by atoms with Crippen LogP contribution in [-0.2, 0) is 24.4 Å². The molecule has 0 bridgehead atoms. The van der Waals surface area contributed by atoms with Crippen molar-refractivity contribution >= 4 is 5.91 Å². The maximum atomic E-state index is 13.0. The van der Waals surface area contributed by atoms with Gasteiger partial charge in [-0.15, -0.1) is 0 Å². The van der Waals surface area contributed by atoms with E-state index in [4.69, 9.17) is 4.74 Å². The Morgan fingerprint density at radius 2 is 1.77 bits per heavy atom. The number of benzene rings is 2. The van der Waals surface area contributed by atoms with Crippen LogP contribution in [0.4, 0.5) is 0 Å². The summed E-state index contributed by atoms with van der Waals surface area (Å²) >= 11 is 0. The standard InChI is InChI=1S/C26H33N3O2/c1-21(2)16-27-17-26(30)29(18-22-9-5-4-6-10-22)20-24-12-8-14-28(24)19-23-11-7-13-25(15-23)31-3/h4-15,21,27H,16-20H2,1-3H3. The molecule has 3 aromatic rings. The van der Waals surface area contributed by atoms with Crippen LogP contribution >= 0.6 is 0 Å². The molecule has 0 radical (unpaired) electrons. The zero-order valence-electron chi connectivity index (χ0n) is 18.8. The van der Waals surface area contributed by atoms with Crippen LogP contribution < -0.4 is 10.1 Å². The number of nitrogens with zero attached hydrogens (tertiary/aromatic N) is 2. The maximum Gasteiger partial charge on any atom is 0.237 e. The van der Waals surface area contributed by atoms with Crippen LogP contribution in [0, 0.1) is 5.92 Å². The number of hydrogen-bond donors (Lipinski definition) is 1. The quantitative estimate of drug-likeness (QED) is 0.504. The highest BCUT2D eigenvalue weighted by molar-refractivity contribution is 5.78. The topological polar surface area (TPSA) is 46.5 Å². The number of carbonyl (C=O) groups excluding carboxylic acids is 1. The van der Waals surface area contributed by atoms with E-state index in [-0.39, 0.29) is 5.91 Å². The number of rotatable bonds is 11. The van der Waals surface area contributed by atoms with Gasteiger partial charge in [-0.25, -0.2) is 0 Å². The lowest BCUT2D eigenvalue weighted by Crippen LogP contribution is -2.38. The first-order valence-corrected chi connectivity index (χ1v) is 10.8. The molecule has 0 saturated carbocycles. The van der Waals surface area contributed by atoms with Gasteiger partial charge in [-0.05, 0) is 47.9 Å². The largest absolute Gasteiger partial charge is 0.497 e. The van der Waals surface area contributed by atoms with Crippen molar-refractivity contribution in [3.8, 4) is 5.75 Å². The molecule has 0 atom stereocenters. The highest BCUT2D eigenvalue weighted by atomic mass is 16.5. The van der Waals surface area contributed by atoms with Gasteiger partial charge in [0.1, 0.15) is 5.75 Å². The Morgan fingerprint density at radius 3 is 2.52 bits per heavy atom. The minimum absolute atomic E-state index is 0.110. The van der Waals surface area contributed by atoms with E-state index in [2.05, 4.69) is 54.2 Å². The number of carbonyl (C=O) groups is 1. The van der Waals surface area contributed by atoms with Crippen LogP contribution in [0.2, 0.25) is 0 Å². The Bertz CT molecular complexity index is 950. The van der Waals surface area contributed by atoms with Crippen molar-refractivity contribution in [3.05, 3.63) is 89.7 Å². The SMILES string of the molecule is COc1cccc(Cn2cccc2CN(Cc2ccccc2)C(=O)CNCC(C)C)c1. The third-order valence-electron chi connectivity index (χ3n) is 5.16. The first-order valence-electron chi connectivity index (χ1n) is 10.8. The van der Waals surface area contributed by atoms with Gasteiger partial charge in [-0.2, -0.15) is 0 Å². The average molecular weight is 420 g/mol. The minimum Gasteiger partial charge on any atom is -0.497 e. The molecule has 0 aliphatic rings. The summed E-state index contributed by atoms with van der Waals surface area (Å²) in [5.41, 5.74) is 3.40. The van der Waals surface area contributed by atoms with Crippen LogP contribution in [-0.4, -0.2) is 35.6 Å². The van der Waals surface area contributed by atoms with Crippen molar-refractivity contribution < 1.29 is 9.53 Å². The molecule has 3 rings (SSSR count). The number of methoxy groups -OCH3 is 1. The molecule has 0 aliphatic heterocycles. The molecule has 0 unspecified atom stereocenters. The molecule has 0 fully saturated rings. The predicted molar refractivity (Wildman–Crippen MR) is 125 cm³/mol. The van der Waals surface area contributed by atoms with E-state index in [1.165, 1.54) is 0 Å². The van der Waals surface area contributed by atoms with E-state index in [0.717, 1.165) is 35.7 Å². The summed E-state index contributed by atoms with van der Waals surface area (Å²) in [4.78, 5) is 15.0. The van der Waals surface area contributed by atoms with Crippen LogP contribution in [0.5, 0.6) is 5.75 Å². The van der Waals surface area contributed by atoms with Gasteiger partial charge in [0.25, 0.3) is 0 Å². The summed E-state index contributed by atoms with van der Waals surface area (Å²) in [6.45, 7) is 7.36. The van der Waals surface area contributed by atoms with Gasteiger partial charge in [0, 0.05) is 25.0 Å². The van der Waals surface area contributed by atoms with E-state index in [1.807, 2.05) is 47.4 Å². The van der Waals surface area contributed by atoms with Gasteiger partial charge in [-0.1, -0.05) is 56.3 Å². The molecule has 0 saturated heterocycles. The fraction of sp³-hybridized carbons (Fsp3) is 0.346. The molecule has 1 heterocycles. The third-order valence-corrected chi connectivity index (χ3v) is 5.16. The van der Waals surface area contributed by atoms with Crippen molar-refractivity contribution in [2.24, 2.45) is 5.92 Å². The lowest BCUT2D eigenvalue weighted by molar-refractivity contribution is -0.131. The highest BCUT2D eigenvalue weighted by Crippen LogP contribution is 2.17. The van der Waals surface area contributed by atoms with Gasteiger partial charge in [-0.3, -0.25) is 4.79 Å². The van der Waals surface area contributed by atoms with Crippen LogP contribution in [0.25, 0.3) is 0 Å². The molecule has 1 N–H and O–H groups in total. The van der Waals surface area contributed by atoms with Gasteiger partial charge in [0.2, 0.25) is 5.91 Å². The molecule has 31 heavy (non-hydrogen) atoms. The second kappa shape index (κ2) is 11.4. The van der Waals surface area contributed by atoms with Gasteiger partial charge >= 0.3 is 0 Å². The molecule has 0 spiro atoms. The lowest BCUT2D eigenvalue weighted by atomic mass is 10.2. The van der Waals surface area contributed by atoms with Crippen LogP contribution in [0.1, 0.15) is 30.7 Å². The predicted octanol–water partition coefficient (Wildman–Crippen LogP) is 4.32. The Hall–Kier alpha value is -3.05. The van der Waals surface area contributed by atoms with Gasteiger partial charge in [0.05, 0.1) is 20.2 Å². The molecule has 0 aliphatic carbocycles. The summed E-state index contributed by atoms with van der Waals surface area (Å²) in [5.74, 6) is 1.47. The Balaban J connectivity index is 1.74. The summed E-state index contributed by atoms with van der Waals surface area (Å²) in [5, 5.41) is 3.29. The van der Waals surface area contributed by atoms with Crippen LogP contribution in [0.15, 0.2) is 72.9 Å². The van der Waals surface area contributed by atoms with Crippen molar-refractivity contribution in [1.82, 2.24) is 14.8 Å². The first kappa shape index (κ1) is 22.6. The normalized spacial score (nSPS) is 11.0. The minimum atomic E-state index is 0.110. The Labute approximate surface area is 185 Å². The van der Waals surface area contributed by atoms with Crippen molar-refractivity contribution in [2.45, 2.75) is 33.5 Å². The van der Waals surface area contributed by atoms with E-state index in [9.17, 15) is 4.79 Å². The molecule has 1 aromatic heterocycles. The Morgan fingerprint density at radius 1 is 1.00 bits per heavy atom. The molecular formula is C26H33N3O2. The van der Waals surface area contributed by atoms with Crippen molar-refractivity contribution in [3.63, 3.8) is 0 Å². The monoisotopic (exact) mass is 419 g/mol. The number of aromatic nitrogens is 1. The number of amides is 1. The van der Waals surface area contributed by atoms with E-state index < -0.39 is 0 Å². The highest BCUT2D eigenvalue weighted by Gasteiger charge is 2.16. The van der Waals surface area contributed by atoms with E-state index in [0.29, 0.717) is 25.6 Å². The number of nitrogens with one attached hydrogen (secondary N) is 1. The summed E-state index contributed by atoms with van der Waals surface area (Å²) in [6, 6.07) is 22.4. The third kappa shape index (κ3) is 7.00. The molecule has 2 aromatic carbocycles. The fourth-order valence-corrected chi connectivity index (χ4v) is 3.53. The van der Waals surface area contributed by atoms with Gasteiger partial charge < -0.3 is 19.5 Å². The second-order valence-electron chi connectivity index (χ2n) is 8.24. The summed E-state index contributed by atoms with van der Waals surface area (Å²) in [6.07, 6.45) is 2.07. The second-order valence-corrected chi connectivity index (χ2v) is 8.24. The number of hydrogen-bond acceptors (Lipinski definition) is 3. The van der Waals surface area contributed by atoms with Gasteiger partial charge in [0.15, 0.2) is 0 Å².